The van der Waals surface area contributed by atoms with Crippen LogP contribution < -0.4 is 4.74 Å². The molecule has 1 atom stereocenters. The van der Waals surface area contributed by atoms with Gasteiger partial charge in [0.15, 0.2) is 0 Å². The van der Waals surface area contributed by atoms with Crippen molar-refractivity contribution >= 4 is 23.5 Å². The van der Waals surface area contributed by atoms with Crippen molar-refractivity contribution in [2.75, 3.05) is 6.54 Å². The molecule has 0 fully saturated rings. The maximum atomic E-state index is 13.5. The summed E-state index contributed by atoms with van der Waals surface area (Å²) >= 11 is 5.93. The van der Waals surface area contributed by atoms with Crippen LogP contribution in [0.2, 0.25) is 5.02 Å². The predicted molar refractivity (Wildman–Crippen MR) is 128 cm³/mol. The monoisotopic (exact) mass is 481 g/mol. The Morgan fingerprint density at radius 3 is 2.56 bits per heavy atom. The number of rotatable bonds is 8. The molecule has 0 aliphatic carbocycles. The van der Waals surface area contributed by atoms with Gasteiger partial charge in [-0.25, -0.2) is 4.39 Å². The van der Waals surface area contributed by atoms with E-state index in [1.165, 1.54) is 6.07 Å². The molecule has 0 unspecified atom stereocenters. The Balaban J connectivity index is 1.52. The third kappa shape index (κ3) is 5.57. The summed E-state index contributed by atoms with van der Waals surface area (Å²) in [6.45, 7) is 2.41. The van der Waals surface area contributed by atoms with Crippen LogP contribution in [0.1, 0.15) is 40.4 Å². The van der Waals surface area contributed by atoms with E-state index in [0.717, 1.165) is 16.7 Å². The van der Waals surface area contributed by atoms with Crippen LogP contribution in [-0.2, 0) is 24.2 Å². The third-order valence-electron chi connectivity index (χ3n) is 5.89. The van der Waals surface area contributed by atoms with Gasteiger partial charge in [-0.05, 0) is 53.9 Å². The van der Waals surface area contributed by atoms with Gasteiger partial charge in [0, 0.05) is 31.5 Å². The van der Waals surface area contributed by atoms with Crippen LogP contribution in [0.25, 0.3) is 0 Å². The first-order valence-corrected chi connectivity index (χ1v) is 11.4. The Hall–Kier alpha value is -3.38. The van der Waals surface area contributed by atoms with Crippen LogP contribution in [0.4, 0.5) is 4.39 Å². The minimum atomic E-state index is -0.954. The molecule has 0 aromatic heterocycles. The fraction of sp³-hybridized carbons (Fsp3) is 0.259. The number of hydrogen-bond acceptors (Lipinski definition) is 3. The fourth-order valence-corrected chi connectivity index (χ4v) is 4.51. The first kappa shape index (κ1) is 23.8. The zero-order valence-corrected chi connectivity index (χ0v) is 19.5. The number of halogens is 2. The van der Waals surface area contributed by atoms with Crippen molar-refractivity contribution in [3.05, 3.63) is 99.8 Å². The van der Waals surface area contributed by atoms with E-state index in [1.807, 2.05) is 43.3 Å². The van der Waals surface area contributed by atoms with E-state index in [0.29, 0.717) is 30.7 Å². The van der Waals surface area contributed by atoms with Gasteiger partial charge in [-0.3, -0.25) is 9.59 Å². The normalized spacial score (nSPS) is 16.6. The lowest BCUT2D eigenvalue weighted by Gasteiger charge is -2.24. The first-order chi connectivity index (χ1) is 16.2. The molecule has 4 rings (SSSR count). The second kappa shape index (κ2) is 9.85. The predicted octanol–water partition coefficient (Wildman–Crippen LogP) is 5.53. The summed E-state index contributed by atoms with van der Waals surface area (Å²) in [5, 5.41) is 9.21. The minimum Gasteiger partial charge on any atom is -0.487 e. The van der Waals surface area contributed by atoms with Gasteiger partial charge >= 0.3 is 5.97 Å². The lowest BCUT2D eigenvalue weighted by molar-refractivity contribution is -0.137. The number of aliphatic carboxylic acids is 1. The van der Waals surface area contributed by atoms with Crippen molar-refractivity contribution in [2.24, 2.45) is 0 Å². The van der Waals surface area contributed by atoms with E-state index in [2.05, 4.69) is 0 Å². The Kier molecular flexibility index (Phi) is 6.89. The largest absolute Gasteiger partial charge is 0.487 e. The van der Waals surface area contributed by atoms with Crippen LogP contribution in [0.3, 0.4) is 0 Å². The van der Waals surface area contributed by atoms with Crippen molar-refractivity contribution in [3.8, 4) is 5.75 Å². The molecular formula is C27H25ClFNO4. The van der Waals surface area contributed by atoms with Crippen molar-refractivity contribution in [2.45, 2.75) is 38.3 Å². The van der Waals surface area contributed by atoms with Crippen molar-refractivity contribution < 1.29 is 23.8 Å². The number of ether oxygens (including phenoxy) is 1. The van der Waals surface area contributed by atoms with E-state index < -0.39 is 17.4 Å². The summed E-state index contributed by atoms with van der Waals surface area (Å²) in [6.07, 6.45) is 0.973. The van der Waals surface area contributed by atoms with Crippen LogP contribution >= 0.6 is 11.6 Å². The highest BCUT2D eigenvalue weighted by Crippen LogP contribution is 2.38. The van der Waals surface area contributed by atoms with Crippen molar-refractivity contribution in [1.82, 2.24) is 4.90 Å². The molecule has 1 amide bonds. The Labute approximate surface area is 202 Å². The number of hydrogen-bond donors (Lipinski definition) is 1. The second-order valence-corrected chi connectivity index (χ2v) is 9.24. The summed E-state index contributed by atoms with van der Waals surface area (Å²) in [7, 11) is 0. The molecule has 5 nitrogen and oxygen atoms in total. The maximum Gasteiger partial charge on any atom is 0.305 e. The second-order valence-electron chi connectivity index (χ2n) is 8.83. The number of carboxylic acid groups (broad SMARTS) is 1. The molecule has 1 aliphatic rings. The SMILES string of the molecule is C[C@]1(Cc2ccc(F)c(Cl)c2)Cc2cc(C(=O)N(CCC(=O)O)Cc3ccccc3)ccc2O1. The number of carbonyl (C=O) groups is 2. The van der Waals surface area contributed by atoms with Crippen molar-refractivity contribution in [3.63, 3.8) is 0 Å². The quantitative estimate of drug-likeness (QED) is 0.459. The standard InChI is InChI=1S/C27H25ClFNO4/c1-27(15-19-7-9-23(29)22(28)13-19)16-21-14-20(8-10-24(21)34-27)26(33)30(12-11-25(31)32)17-18-5-3-2-4-6-18/h2-10,13-14H,11-12,15-17H2,1H3,(H,31,32)/t27-/m0/s1. The highest BCUT2D eigenvalue weighted by Gasteiger charge is 2.35. The summed E-state index contributed by atoms with van der Waals surface area (Å²) in [5.41, 5.74) is 2.62. The molecule has 1 N–H and O–H groups in total. The molecule has 1 heterocycles. The van der Waals surface area contributed by atoms with E-state index in [1.54, 1.807) is 29.2 Å². The van der Waals surface area contributed by atoms with Gasteiger partial charge in [-0.15, -0.1) is 0 Å². The van der Waals surface area contributed by atoms with Gasteiger partial charge < -0.3 is 14.7 Å². The minimum absolute atomic E-state index is 0.0735. The number of amides is 1. The van der Waals surface area contributed by atoms with Crippen LogP contribution in [0.15, 0.2) is 66.7 Å². The molecule has 0 bridgehead atoms. The topological polar surface area (TPSA) is 66.8 Å². The average Bonchev–Trinajstić information content (AvgIpc) is 3.14. The molecule has 176 valence electrons. The Morgan fingerprint density at radius 2 is 1.85 bits per heavy atom. The zero-order chi connectivity index (χ0) is 24.3. The number of nitrogens with zero attached hydrogens (tertiary/aromatic N) is 1. The van der Waals surface area contributed by atoms with Crippen molar-refractivity contribution in [1.29, 1.82) is 0 Å². The molecule has 3 aromatic rings. The average molecular weight is 482 g/mol. The number of carbonyl (C=O) groups excluding carboxylic acids is 1. The smallest absolute Gasteiger partial charge is 0.305 e. The maximum absolute atomic E-state index is 13.5. The van der Waals surface area contributed by atoms with E-state index in [9.17, 15) is 14.0 Å². The van der Waals surface area contributed by atoms with Gasteiger partial charge in [-0.1, -0.05) is 48.0 Å². The van der Waals surface area contributed by atoms with E-state index in [-0.39, 0.29) is 23.9 Å². The molecule has 0 spiro atoms. The highest BCUT2D eigenvalue weighted by molar-refractivity contribution is 6.30. The number of benzene rings is 3. The molecule has 0 radical (unpaired) electrons. The number of fused-ring (bicyclic) bond motifs is 1. The zero-order valence-electron chi connectivity index (χ0n) is 18.8. The van der Waals surface area contributed by atoms with Crippen LogP contribution in [0.5, 0.6) is 5.75 Å². The number of carboxylic acids is 1. The summed E-state index contributed by atoms with van der Waals surface area (Å²) in [4.78, 5) is 26.0. The lowest BCUT2D eigenvalue weighted by Crippen LogP contribution is -2.33. The molecule has 1 aliphatic heterocycles. The highest BCUT2D eigenvalue weighted by atomic mass is 35.5. The van der Waals surface area contributed by atoms with E-state index in [4.69, 9.17) is 21.4 Å². The Bertz CT molecular complexity index is 1220. The molecule has 34 heavy (non-hydrogen) atoms. The van der Waals surface area contributed by atoms with Crippen LogP contribution in [-0.4, -0.2) is 34.0 Å². The van der Waals surface area contributed by atoms with Gasteiger partial charge in [-0.2, -0.15) is 0 Å². The first-order valence-electron chi connectivity index (χ1n) is 11.0. The summed E-state index contributed by atoms with van der Waals surface area (Å²) < 4.78 is 19.7. The Morgan fingerprint density at radius 1 is 1.09 bits per heavy atom. The molecule has 0 saturated heterocycles. The molecular weight excluding hydrogens is 457 g/mol. The van der Waals surface area contributed by atoms with E-state index >= 15 is 0 Å². The molecule has 7 heteroatoms. The lowest BCUT2D eigenvalue weighted by atomic mass is 9.91. The van der Waals surface area contributed by atoms with Gasteiger partial charge in [0.2, 0.25) is 0 Å². The summed E-state index contributed by atoms with van der Waals surface area (Å²) in [5.74, 6) is -0.943. The third-order valence-corrected chi connectivity index (χ3v) is 6.18. The molecule has 0 saturated carbocycles. The van der Waals surface area contributed by atoms with Gasteiger partial charge in [0.05, 0.1) is 11.4 Å². The summed E-state index contributed by atoms with van der Waals surface area (Å²) in [6, 6.07) is 19.4. The van der Waals surface area contributed by atoms with Gasteiger partial charge in [0.25, 0.3) is 5.91 Å². The van der Waals surface area contributed by atoms with Crippen LogP contribution in [0, 0.1) is 5.82 Å². The fourth-order valence-electron chi connectivity index (χ4n) is 4.30. The van der Waals surface area contributed by atoms with Gasteiger partial charge in [0.1, 0.15) is 17.2 Å². The molecule has 3 aromatic carbocycles.